The van der Waals surface area contributed by atoms with Crippen LogP contribution in [0.15, 0.2) is 35.2 Å². The number of unbranched alkanes of at least 4 members (excludes halogenated alkanes) is 8. The van der Waals surface area contributed by atoms with Crippen LogP contribution in [0.2, 0.25) is 0 Å². The first-order valence-corrected chi connectivity index (χ1v) is 9.98. The van der Waals surface area contributed by atoms with Crippen molar-refractivity contribution in [2.24, 2.45) is 0 Å². The highest BCUT2D eigenvalue weighted by atomic mass is 32.2. The number of rotatable bonds is 15. The first kappa shape index (κ1) is 20.5. The third-order valence-electron chi connectivity index (χ3n) is 4.06. The van der Waals surface area contributed by atoms with Crippen LogP contribution in [0.3, 0.4) is 0 Å². The summed E-state index contributed by atoms with van der Waals surface area (Å²) in [6.45, 7) is 0.918. The Balaban J connectivity index is 1.93. The molecule has 0 aromatic heterocycles. The SMILES string of the molecule is COCCCCCCCCCCCC(OC)Sc1ccccc1. The average molecular weight is 339 g/mol. The first-order valence-electron chi connectivity index (χ1n) is 9.10. The Labute approximate surface area is 147 Å². The summed E-state index contributed by atoms with van der Waals surface area (Å²) in [6, 6.07) is 10.5. The Morgan fingerprint density at radius 3 is 1.91 bits per heavy atom. The zero-order chi connectivity index (χ0) is 16.6. The molecule has 1 rings (SSSR count). The normalized spacial score (nSPS) is 12.4. The van der Waals surface area contributed by atoms with Gasteiger partial charge in [0.15, 0.2) is 0 Å². The van der Waals surface area contributed by atoms with Crippen LogP contribution in [-0.4, -0.2) is 26.3 Å². The minimum absolute atomic E-state index is 0.290. The van der Waals surface area contributed by atoms with E-state index in [1.807, 2.05) is 18.9 Å². The van der Waals surface area contributed by atoms with Gasteiger partial charge in [0.25, 0.3) is 0 Å². The lowest BCUT2D eigenvalue weighted by Gasteiger charge is -2.14. The Kier molecular flexibility index (Phi) is 13.4. The molecule has 0 fully saturated rings. The lowest BCUT2D eigenvalue weighted by Crippen LogP contribution is -2.04. The Bertz CT molecular complexity index is 356. The summed E-state index contributed by atoms with van der Waals surface area (Å²) in [5.41, 5.74) is 0.290. The van der Waals surface area contributed by atoms with Gasteiger partial charge in [0.2, 0.25) is 0 Å². The number of thioether (sulfide) groups is 1. The molecule has 0 spiro atoms. The summed E-state index contributed by atoms with van der Waals surface area (Å²) < 4.78 is 10.7. The quantitative estimate of drug-likeness (QED) is 0.212. The van der Waals surface area contributed by atoms with E-state index in [2.05, 4.69) is 30.3 Å². The molecule has 132 valence electrons. The molecule has 3 heteroatoms. The molecule has 0 aliphatic heterocycles. The highest BCUT2D eigenvalue weighted by Gasteiger charge is 2.08. The molecule has 1 aromatic rings. The van der Waals surface area contributed by atoms with Gasteiger partial charge >= 0.3 is 0 Å². The minimum atomic E-state index is 0.290. The summed E-state index contributed by atoms with van der Waals surface area (Å²) in [5, 5.41) is 0. The van der Waals surface area contributed by atoms with Crippen molar-refractivity contribution in [2.75, 3.05) is 20.8 Å². The van der Waals surface area contributed by atoms with E-state index in [4.69, 9.17) is 9.47 Å². The molecule has 0 saturated heterocycles. The van der Waals surface area contributed by atoms with E-state index in [1.165, 1.54) is 62.7 Å². The maximum Gasteiger partial charge on any atom is 0.107 e. The zero-order valence-corrected chi connectivity index (χ0v) is 15.8. The monoisotopic (exact) mass is 338 g/mol. The smallest absolute Gasteiger partial charge is 0.107 e. The predicted molar refractivity (Wildman–Crippen MR) is 101 cm³/mol. The lowest BCUT2D eigenvalue weighted by atomic mass is 10.1. The topological polar surface area (TPSA) is 18.5 Å². The van der Waals surface area contributed by atoms with Crippen LogP contribution in [-0.2, 0) is 9.47 Å². The van der Waals surface area contributed by atoms with Gasteiger partial charge < -0.3 is 9.47 Å². The largest absolute Gasteiger partial charge is 0.385 e. The molecule has 1 unspecified atom stereocenters. The van der Waals surface area contributed by atoms with E-state index in [-0.39, 0.29) is 5.44 Å². The van der Waals surface area contributed by atoms with Crippen LogP contribution >= 0.6 is 11.8 Å². The Morgan fingerprint density at radius 2 is 1.35 bits per heavy atom. The Hall–Kier alpha value is -0.510. The molecule has 0 amide bonds. The second-order valence-electron chi connectivity index (χ2n) is 6.06. The van der Waals surface area contributed by atoms with E-state index in [0.29, 0.717) is 0 Å². The molecule has 0 heterocycles. The molecular formula is C20H34O2S. The summed E-state index contributed by atoms with van der Waals surface area (Å²) in [6.07, 6.45) is 13.2. The molecule has 0 N–H and O–H groups in total. The van der Waals surface area contributed by atoms with Crippen molar-refractivity contribution in [1.29, 1.82) is 0 Å². The first-order chi connectivity index (χ1) is 11.4. The van der Waals surface area contributed by atoms with Crippen LogP contribution in [0.25, 0.3) is 0 Å². The van der Waals surface area contributed by atoms with Gasteiger partial charge in [-0.15, -0.1) is 0 Å². The van der Waals surface area contributed by atoms with Crippen LogP contribution < -0.4 is 0 Å². The minimum Gasteiger partial charge on any atom is -0.385 e. The maximum absolute atomic E-state index is 5.60. The van der Waals surface area contributed by atoms with Crippen LogP contribution in [0.5, 0.6) is 0 Å². The predicted octanol–water partition coefficient (Wildman–Crippen LogP) is 6.30. The van der Waals surface area contributed by atoms with Gasteiger partial charge in [0.05, 0.1) is 0 Å². The summed E-state index contributed by atoms with van der Waals surface area (Å²) in [5.74, 6) is 0. The van der Waals surface area contributed by atoms with Crippen molar-refractivity contribution in [2.45, 2.75) is 74.5 Å². The van der Waals surface area contributed by atoms with E-state index >= 15 is 0 Å². The van der Waals surface area contributed by atoms with Crippen molar-refractivity contribution in [1.82, 2.24) is 0 Å². The summed E-state index contributed by atoms with van der Waals surface area (Å²) in [4.78, 5) is 1.30. The van der Waals surface area contributed by atoms with Gasteiger partial charge in [-0.25, -0.2) is 0 Å². The van der Waals surface area contributed by atoms with Gasteiger partial charge in [-0.1, -0.05) is 74.9 Å². The highest BCUT2D eigenvalue weighted by Crippen LogP contribution is 2.27. The van der Waals surface area contributed by atoms with Gasteiger partial charge in [-0.3, -0.25) is 0 Å². The molecule has 0 aliphatic carbocycles. The molecule has 1 aromatic carbocycles. The van der Waals surface area contributed by atoms with Crippen molar-refractivity contribution in [3.63, 3.8) is 0 Å². The van der Waals surface area contributed by atoms with Gasteiger partial charge in [-0.2, -0.15) is 0 Å². The molecule has 2 nitrogen and oxygen atoms in total. The van der Waals surface area contributed by atoms with Crippen LogP contribution in [0.4, 0.5) is 0 Å². The second kappa shape index (κ2) is 15.0. The molecule has 0 bridgehead atoms. The van der Waals surface area contributed by atoms with Crippen LogP contribution in [0, 0.1) is 0 Å². The van der Waals surface area contributed by atoms with Crippen molar-refractivity contribution >= 4 is 11.8 Å². The maximum atomic E-state index is 5.60. The summed E-state index contributed by atoms with van der Waals surface area (Å²) >= 11 is 1.84. The van der Waals surface area contributed by atoms with E-state index in [9.17, 15) is 0 Å². The standard InChI is InChI=1S/C20H34O2S/c1-21-18-14-9-7-5-3-4-6-8-13-17-20(22-2)23-19-15-11-10-12-16-19/h10-12,15-16,20H,3-9,13-14,17-18H2,1-2H3. The zero-order valence-electron chi connectivity index (χ0n) is 15.0. The average Bonchev–Trinajstić information content (AvgIpc) is 2.59. The van der Waals surface area contributed by atoms with Gasteiger partial charge in [-0.05, 0) is 31.4 Å². The third-order valence-corrected chi connectivity index (χ3v) is 5.30. The van der Waals surface area contributed by atoms with E-state index in [1.54, 1.807) is 7.11 Å². The summed E-state index contributed by atoms with van der Waals surface area (Å²) in [7, 11) is 3.61. The van der Waals surface area contributed by atoms with Gasteiger partial charge in [0.1, 0.15) is 5.44 Å². The fraction of sp³-hybridized carbons (Fsp3) is 0.700. The number of hydrogen-bond donors (Lipinski definition) is 0. The van der Waals surface area contributed by atoms with E-state index < -0.39 is 0 Å². The second-order valence-corrected chi connectivity index (χ2v) is 7.29. The molecule has 0 aliphatic rings. The molecule has 1 atom stereocenters. The number of hydrogen-bond acceptors (Lipinski definition) is 3. The number of ether oxygens (including phenoxy) is 2. The number of benzene rings is 1. The molecular weight excluding hydrogens is 304 g/mol. The van der Waals surface area contributed by atoms with E-state index in [0.717, 1.165) is 13.0 Å². The molecule has 23 heavy (non-hydrogen) atoms. The lowest BCUT2D eigenvalue weighted by molar-refractivity contribution is 0.163. The van der Waals surface area contributed by atoms with Crippen LogP contribution in [0.1, 0.15) is 64.2 Å². The Morgan fingerprint density at radius 1 is 0.783 bits per heavy atom. The fourth-order valence-electron chi connectivity index (χ4n) is 2.67. The third kappa shape index (κ3) is 11.6. The van der Waals surface area contributed by atoms with Crippen molar-refractivity contribution in [3.8, 4) is 0 Å². The molecule has 0 saturated carbocycles. The highest BCUT2D eigenvalue weighted by molar-refractivity contribution is 7.99. The van der Waals surface area contributed by atoms with Gasteiger partial charge in [0, 0.05) is 25.7 Å². The fourth-order valence-corrected chi connectivity index (χ4v) is 3.67. The van der Waals surface area contributed by atoms with Crippen molar-refractivity contribution < 1.29 is 9.47 Å². The van der Waals surface area contributed by atoms with Crippen molar-refractivity contribution in [3.05, 3.63) is 30.3 Å². The molecule has 0 radical (unpaired) electrons. The number of methoxy groups -OCH3 is 2.